The Kier molecular flexibility index (Phi) is 15.5. The van der Waals surface area contributed by atoms with Crippen LogP contribution in [0.15, 0.2) is 42.5 Å². The van der Waals surface area contributed by atoms with Crippen LogP contribution in [0.2, 0.25) is 0 Å². The van der Waals surface area contributed by atoms with Gasteiger partial charge in [0, 0.05) is 24.2 Å². The number of benzene rings is 2. The second kappa shape index (κ2) is 15.9. The van der Waals surface area contributed by atoms with Crippen LogP contribution in [0, 0.1) is 10.1 Å². The number of carbonyl (C=O) groups excluding carboxylic acids is 1. The Morgan fingerprint density at radius 2 is 1.61 bits per heavy atom. The molecule has 2 rings (SSSR count). The molecule has 0 saturated heterocycles. The first-order valence-electron chi connectivity index (χ1n) is 8.99. The number of nitro benzene ring substituents is 1. The molecule has 0 radical (unpaired) electrons. The van der Waals surface area contributed by atoms with Gasteiger partial charge in [0.05, 0.1) is 19.1 Å². The first-order valence-corrected chi connectivity index (χ1v) is 8.99. The maximum absolute atomic E-state index is 12.0. The Bertz CT molecular complexity index is 804. The van der Waals surface area contributed by atoms with Gasteiger partial charge >= 0.3 is 0 Å². The zero-order valence-corrected chi connectivity index (χ0v) is 18.3. The van der Waals surface area contributed by atoms with Crippen molar-refractivity contribution in [1.82, 2.24) is 10.6 Å². The summed E-state index contributed by atoms with van der Waals surface area (Å²) in [4.78, 5) is 22.1. The summed E-state index contributed by atoms with van der Waals surface area (Å²) in [7, 11) is 3.23. The SMILES string of the molecule is COc1ccc(CCNCCCNC(=O)c2ccc([N+](=O)[O-])cc2)cc1OC.Cl.O.O. The first kappa shape index (κ1) is 30.3. The van der Waals surface area contributed by atoms with Crippen LogP contribution in [-0.4, -0.2) is 55.6 Å². The van der Waals surface area contributed by atoms with Gasteiger partial charge in [-0.1, -0.05) is 6.07 Å². The molecular formula is C20H30ClN3O7. The molecular weight excluding hydrogens is 430 g/mol. The van der Waals surface area contributed by atoms with Crippen LogP contribution in [0.1, 0.15) is 22.3 Å². The third-order valence-electron chi connectivity index (χ3n) is 4.19. The third-order valence-corrected chi connectivity index (χ3v) is 4.19. The van der Waals surface area contributed by atoms with Crippen molar-refractivity contribution < 1.29 is 30.1 Å². The highest BCUT2D eigenvalue weighted by Gasteiger charge is 2.09. The zero-order valence-electron chi connectivity index (χ0n) is 17.5. The number of carbonyl (C=O) groups is 1. The van der Waals surface area contributed by atoms with E-state index in [1.807, 2.05) is 18.2 Å². The van der Waals surface area contributed by atoms with Gasteiger partial charge in [-0.3, -0.25) is 14.9 Å². The van der Waals surface area contributed by atoms with Crippen molar-refractivity contribution in [2.24, 2.45) is 0 Å². The predicted octanol–water partition coefficient (Wildman–Crippen LogP) is 1.34. The molecule has 0 fully saturated rings. The second-order valence-electron chi connectivity index (χ2n) is 6.10. The summed E-state index contributed by atoms with van der Waals surface area (Å²) in [6.45, 7) is 2.11. The van der Waals surface area contributed by atoms with Crippen molar-refractivity contribution in [3.05, 3.63) is 63.7 Å². The molecule has 2 aromatic carbocycles. The number of hydrogen-bond donors (Lipinski definition) is 2. The molecule has 10 nitrogen and oxygen atoms in total. The molecule has 0 saturated carbocycles. The maximum Gasteiger partial charge on any atom is 0.269 e. The number of non-ortho nitro benzene ring substituents is 1. The second-order valence-corrected chi connectivity index (χ2v) is 6.10. The lowest BCUT2D eigenvalue weighted by atomic mass is 10.1. The topological polar surface area (TPSA) is 166 Å². The van der Waals surface area contributed by atoms with Crippen LogP contribution in [0.3, 0.4) is 0 Å². The predicted molar refractivity (Wildman–Crippen MR) is 121 cm³/mol. The third kappa shape index (κ3) is 9.62. The minimum Gasteiger partial charge on any atom is -0.493 e. The van der Waals surface area contributed by atoms with Crippen molar-refractivity contribution in [2.45, 2.75) is 12.8 Å². The van der Waals surface area contributed by atoms with Gasteiger partial charge in [0.1, 0.15) is 0 Å². The van der Waals surface area contributed by atoms with E-state index in [2.05, 4.69) is 10.6 Å². The van der Waals surface area contributed by atoms with Gasteiger partial charge in [-0.2, -0.15) is 0 Å². The largest absolute Gasteiger partial charge is 0.493 e. The average Bonchev–Trinajstić information content (AvgIpc) is 2.72. The molecule has 6 N–H and O–H groups in total. The highest BCUT2D eigenvalue weighted by Crippen LogP contribution is 2.27. The Balaban J connectivity index is 0. The summed E-state index contributed by atoms with van der Waals surface area (Å²) >= 11 is 0. The molecule has 0 heterocycles. The van der Waals surface area contributed by atoms with Crippen molar-refractivity contribution in [1.29, 1.82) is 0 Å². The number of ether oxygens (including phenoxy) is 2. The normalized spacial score (nSPS) is 9.35. The molecule has 0 aliphatic rings. The van der Waals surface area contributed by atoms with E-state index >= 15 is 0 Å². The summed E-state index contributed by atoms with van der Waals surface area (Å²) in [6.07, 6.45) is 1.64. The van der Waals surface area contributed by atoms with Gasteiger partial charge in [0.2, 0.25) is 0 Å². The fraction of sp³-hybridized carbons (Fsp3) is 0.350. The maximum atomic E-state index is 12.0. The smallest absolute Gasteiger partial charge is 0.269 e. The van der Waals surface area contributed by atoms with E-state index in [0.29, 0.717) is 23.6 Å². The summed E-state index contributed by atoms with van der Waals surface area (Å²) in [5.74, 6) is 1.19. The van der Waals surface area contributed by atoms with Gasteiger partial charge in [0.25, 0.3) is 11.6 Å². The van der Waals surface area contributed by atoms with E-state index in [0.717, 1.165) is 31.5 Å². The highest BCUT2D eigenvalue weighted by molar-refractivity contribution is 5.94. The number of halogens is 1. The lowest BCUT2D eigenvalue weighted by Gasteiger charge is -2.10. The summed E-state index contributed by atoms with van der Waals surface area (Å²) in [6, 6.07) is 11.4. The first-order chi connectivity index (χ1) is 13.5. The fourth-order valence-corrected chi connectivity index (χ4v) is 2.65. The monoisotopic (exact) mass is 459 g/mol. The Labute approximate surface area is 187 Å². The van der Waals surface area contributed by atoms with Crippen molar-refractivity contribution in [3.8, 4) is 11.5 Å². The Morgan fingerprint density at radius 1 is 0.968 bits per heavy atom. The zero-order chi connectivity index (χ0) is 20.4. The van der Waals surface area contributed by atoms with Gasteiger partial charge in [-0.05, 0) is 55.8 Å². The van der Waals surface area contributed by atoms with Gasteiger partial charge in [-0.15, -0.1) is 12.4 Å². The number of hydrogen-bond acceptors (Lipinski definition) is 6. The molecule has 0 spiro atoms. The minimum atomic E-state index is -0.491. The van der Waals surface area contributed by atoms with Crippen molar-refractivity contribution >= 4 is 24.0 Å². The van der Waals surface area contributed by atoms with E-state index in [4.69, 9.17) is 9.47 Å². The molecule has 1 amide bonds. The Morgan fingerprint density at radius 3 is 2.19 bits per heavy atom. The van der Waals surface area contributed by atoms with Gasteiger partial charge < -0.3 is 31.1 Å². The van der Waals surface area contributed by atoms with E-state index in [-0.39, 0.29) is 35.0 Å². The molecule has 0 atom stereocenters. The molecule has 0 aliphatic heterocycles. The molecule has 31 heavy (non-hydrogen) atoms. The molecule has 0 unspecified atom stereocenters. The van der Waals surface area contributed by atoms with Crippen molar-refractivity contribution in [2.75, 3.05) is 33.9 Å². The number of rotatable bonds is 11. The lowest BCUT2D eigenvalue weighted by molar-refractivity contribution is -0.384. The van der Waals surface area contributed by atoms with Crippen LogP contribution in [0.5, 0.6) is 11.5 Å². The van der Waals surface area contributed by atoms with Gasteiger partial charge in [-0.25, -0.2) is 0 Å². The molecule has 0 aliphatic carbocycles. The fourth-order valence-electron chi connectivity index (χ4n) is 2.65. The molecule has 174 valence electrons. The number of nitrogens with one attached hydrogen (secondary N) is 2. The van der Waals surface area contributed by atoms with Crippen LogP contribution < -0.4 is 20.1 Å². The molecule has 0 aromatic heterocycles. The minimum absolute atomic E-state index is 0. The molecule has 2 aromatic rings. The number of nitrogens with zero attached hydrogens (tertiary/aromatic N) is 1. The average molecular weight is 460 g/mol. The number of amides is 1. The van der Waals surface area contributed by atoms with Crippen LogP contribution in [0.25, 0.3) is 0 Å². The molecule has 0 bridgehead atoms. The summed E-state index contributed by atoms with van der Waals surface area (Å²) < 4.78 is 10.5. The quantitative estimate of drug-likeness (QED) is 0.292. The standard InChI is InChI=1S/C20H25N3O5.ClH.2H2O/c1-27-18-9-4-15(14-19(18)28-2)10-13-21-11-3-12-22-20(24)16-5-7-17(8-6-16)23(25)26;;;/h4-9,14,21H,3,10-13H2,1-2H3,(H,22,24);1H;2*1H2. The summed E-state index contributed by atoms with van der Waals surface area (Å²) in [5.41, 5.74) is 1.53. The number of nitro groups is 1. The van der Waals surface area contributed by atoms with Crippen LogP contribution in [-0.2, 0) is 6.42 Å². The van der Waals surface area contributed by atoms with Gasteiger partial charge in [0.15, 0.2) is 11.5 Å². The van der Waals surface area contributed by atoms with E-state index in [9.17, 15) is 14.9 Å². The molecule has 11 heteroatoms. The van der Waals surface area contributed by atoms with Crippen molar-refractivity contribution in [3.63, 3.8) is 0 Å². The number of methoxy groups -OCH3 is 2. The highest BCUT2D eigenvalue weighted by atomic mass is 35.5. The Hall–Kier alpha value is -2.92. The van der Waals surface area contributed by atoms with E-state index < -0.39 is 4.92 Å². The van der Waals surface area contributed by atoms with Crippen LogP contribution in [0.4, 0.5) is 5.69 Å². The van der Waals surface area contributed by atoms with E-state index in [1.54, 1.807) is 14.2 Å². The summed E-state index contributed by atoms with van der Waals surface area (Å²) in [5, 5.41) is 16.8. The lowest BCUT2D eigenvalue weighted by Crippen LogP contribution is -2.28. The van der Waals surface area contributed by atoms with E-state index in [1.165, 1.54) is 24.3 Å². The van der Waals surface area contributed by atoms with Crippen LogP contribution >= 0.6 is 12.4 Å².